The number of carbonyl (C=O) groups excluding carboxylic acids is 2. The molecule has 3 aromatic carbocycles. The Morgan fingerprint density at radius 2 is 1.47 bits per heavy atom. The molecule has 1 aliphatic rings. The van der Waals surface area contributed by atoms with Crippen molar-refractivity contribution in [1.29, 1.82) is 0 Å². The molecule has 4 aromatic rings. The van der Waals surface area contributed by atoms with Gasteiger partial charge in [-0.15, -0.1) is 0 Å². The lowest BCUT2D eigenvalue weighted by Crippen LogP contribution is -2.46. The molecule has 1 fully saturated rings. The summed E-state index contributed by atoms with van der Waals surface area (Å²) in [5.41, 5.74) is 3.73. The lowest BCUT2D eigenvalue weighted by molar-refractivity contribution is -0.144. The van der Waals surface area contributed by atoms with Crippen LogP contribution in [0.5, 0.6) is 0 Å². The maximum atomic E-state index is 12.9. The smallest absolute Gasteiger partial charge is 0.410 e. The Morgan fingerprint density at radius 3 is 2.14 bits per heavy atom. The summed E-state index contributed by atoms with van der Waals surface area (Å²) in [6.45, 7) is 8.06. The van der Waals surface area contributed by atoms with Crippen LogP contribution in [0.1, 0.15) is 63.4 Å². The van der Waals surface area contributed by atoms with Crippen molar-refractivity contribution in [2.75, 3.05) is 13.1 Å². The minimum atomic E-state index is -0.522. The van der Waals surface area contributed by atoms with Crippen molar-refractivity contribution in [3.8, 4) is 0 Å². The predicted molar refractivity (Wildman–Crippen MR) is 169 cm³/mol. The normalized spacial score (nSPS) is 14.9. The largest absolute Gasteiger partial charge is 0.461 e. The number of rotatable bonds is 10. The summed E-state index contributed by atoms with van der Waals surface area (Å²) in [7, 11) is 0. The van der Waals surface area contributed by atoms with E-state index in [1.807, 2.05) is 80.3 Å². The monoisotopic (exact) mass is 581 g/mol. The van der Waals surface area contributed by atoms with Gasteiger partial charge in [0.05, 0.1) is 17.5 Å². The zero-order valence-corrected chi connectivity index (χ0v) is 25.6. The highest BCUT2D eigenvalue weighted by Crippen LogP contribution is 2.40. The number of amides is 1. The second kappa shape index (κ2) is 13.4. The first-order valence-corrected chi connectivity index (χ1v) is 15.4. The van der Waals surface area contributed by atoms with Gasteiger partial charge in [0.1, 0.15) is 18.0 Å². The average Bonchev–Trinajstić information content (AvgIpc) is 3.35. The van der Waals surface area contributed by atoms with E-state index in [4.69, 9.17) is 14.5 Å². The number of benzene rings is 3. The summed E-state index contributed by atoms with van der Waals surface area (Å²) < 4.78 is 13.6. The van der Waals surface area contributed by atoms with Gasteiger partial charge in [-0.05, 0) is 75.1 Å². The van der Waals surface area contributed by atoms with Crippen molar-refractivity contribution in [3.63, 3.8) is 0 Å². The summed E-state index contributed by atoms with van der Waals surface area (Å²) >= 11 is 0. The number of imidazole rings is 1. The molecule has 226 valence electrons. The molecule has 43 heavy (non-hydrogen) atoms. The van der Waals surface area contributed by atoms with Gasteiger partial charge in [-0.2, -0.15) is 0 Å². The quantitative estimate of drug-likeness (QED) is 0.183. The Labute approximate surface area is 254 Å². The third-order valence-corrected chi connectivity index (χ3v) is 8.29. The molecule has 0 spiro atoms. The lowest BCUT2D eigenvalue weighted by Gasteiger charge is -2.43. The molecule has 0 radical (unpaired) electrons. The van der Waals surface area contributed by atoms with E-state index < -0.39 is 5.60 Å². The number of nitrogens with zero attached hydrogens (tertiary/aromatic N) is 3. The van der Waals surface area contributed by atoms with Crippen LogP contribution in [0.4, 0.5) is 4.79 Å². The highest BCUT2D eigenvalue weighted by molar-refractivity contribution is 5.76. The van der Waals surface area contributed by atoms with E-state index in [9.17, 15) is 9.59 Å². The zero-order chi connectivity index (χ0) is 30.3. The number of hydrogen-bond donors (Lipinski definition) is 0. The molecule has 0 bridgehead atoms. The van der Waals surface area contributed by atoms with Gasteiger partial charge in [0.2, 0.25) is 0 Å². The summed E-state index contributed by atoms with van der Waals surface area (Å²) in [6.07, 6.45) is 4.20. The number of piperidine rings is 1. The number of hydrogen-bond acceptors (Lipinski definition) is 5. The van der Waals surface area contributed by atoms with Crippen LogP contribution in [0.25, 0.3) is 11.0 Å². The van der Waals surface area contributed by atoms with Crippen molar-refractivity contribution in [3.05, 3.63) is 102 Å². The molecule has 0 aliphatic carbocycles. The molecule has 0 N–H and O–H groups in total. The number of carbonyl (C=O) groups is 2. The number of ether oxygens (including phenoxy) is 2. The van der Waals surface area contributed by atoms with Gasteiger partial charge in [-0.3, -0.25) is 4.79 Å². The number of para-hydroxylation sites is 2. The van der Waals surface area contributed by atoms with E-state index in [-0.39, 0.29) is 30.5 Å². The van der Waals surface area contributed by atoms with E-state index >= 15 is 0 Å². The number of aromatic nitrogens is 2. The van der Waals surface area contributed by atoms with Crippen molar-refractivity contribution < 1.29 is 19.1 Å². The molecular weight excluding hydrogens is 538 g/mol. The summed E-state index contributed by atoms with van der Waals surface area (Å²) in [4.78, 5) is 32.4. The van der Waals surface area contributed by atoms with E-state index in [0.29, 0.717) is 19.5 Å². The topological polar surface area (TPSA) is 73.7 Å². The Hall–Kier alpha value is -4.13. The van der Waals surface area contributed by atoms with Gasteiger partial charge < -0.3 is 18.9 Å². The van der Waals surface area contributed by atoms with Gasteiger partial charge in [0, 0.05) is 26.1 Å². The molecule has 7 heteroatoms. The number of likely N-dealkylation sites (tertiary alicyclic amines) is 1. The predicted octanol–water partition coefficient (Wildman–Crippen LogP) is 7.36. The fraction of sp³-hybridized carbons (Fsp3) is 0.417. The van der Waals surface area contributed by atoms with Gasteiger partial charge in [-0.25, -0.2) is 9.78 Å². The van der Waals surface area contributed by atoms with Gasteiger partial charge in [0.25, 0.3) is 0 Å². The van der Waals surface area contributed by atoms with Crippen LogP contribution in [-0.2, 0) is 40.3 Å². The first-order chi connectivity index (χ1) is 20.7. The van der Waals surface area contributed by atoms with Crippen LogP contribution in [0.2, 0.25) is 0 Å². The van der Waals surface area contributed by atoms with Crippen molar-refractivity contribution in [2.45, 2.75) is 78.0 Å². The van der Waals surface area contributed by atoms with E-state index in [2.05, 4.69) is 34.9 Å². The fourth-order valence-corrected chi connectivity index (χ4v) is 5.88. The van der Waals surface area contributed by atoms with E-state index in [1.165, 1.54) is 5.56 Å². The SMILES string of the molecule is CC(C)(C)OC(=O)N1CCC(CCc2ccccc2)(Cn2c(CCC(=O)OCc3ccccc3)nc3ccccc32)CC1. The molecule has 1 amide bonds. The first-order valence-electron chi connectivity index (χ1n) is 15.4. The maximum Gasteiger partial charge on any atom is 0.410 e. The van der Waals surface area contributed by atoms with Crippen LogP contribution < -0.4 is 0 Å². The van der Waals surface area contributed by atoms with Gasteiger partial charge in [-0.1, -0.05) is 72.8 Å². The molecule has 0 atom stereocenters. The standard InChI is InChI=1S/C36H43N3O4/c1-35(2,3)43-34(41)38-24-22-36(23-25-38,21-20-28-12-6-4-7-13-28)27-39-31-17-11-10-16-30(31)37-32(39)18-19-33(40)42-26-29-14-8-5-9-15-29/h4-17H,18-27H2,1-3H3. The molecule has 5 rings (SSSR count). The maximum absolute atomic E-state index is 12.9. The summed E-state index contributed by atoms with van der Waals surface area (Å²) in [5, 5.41) is 0. The average molecular weight is 582 g/mol. The van der Waals surface area contributed by atoms with Crippen molar-refractivity contribution in [1.82, 2.24) is 14.5 Å². The van der Waals surface area contributed by atoms with E-state index in [1.54, 1.807) is 0 Å². The Bertz CT molecular complexity index is 1500. The Balaban J connectivity index is 1.34. The number of aryl methyl sites for hydroxylation is 2. The Morgan fingerprint density at radius 1 is 0.837 bits per heavy atom. The molecule has 2 heterocycles. The third-order valence-electron chi connectivity index (χ3n) is 8.29. The van der Waals surface area contributed by atoms with Crippen molar-refractivity contribution in [2.24, 2.45) is 5.41 Å². The molecular formula is C36H43N3O4. The van der Waals surface area contributed by atoms with Crippen LogP contribution in [0.15, 0.2) is 84.9 Å². The second-order valence-electron chi connectivity index (χ2n) is 12.7. The summed E-state index contributed by atoms with van der Waals surface area (Å²) in [6, 6.07) is 28.5. The minimum absolute atomic E-state index is 0.0413. The van der Waals surface area contributed by atoms with Crippen LogP contribution >= 0.6 is 0 Å². The van der Waals surface area contributed by atoms with Gasteiger partial charge in [0.15, 0.2) is 0 Å². The third kappa shape index (κ3) is 8.25. The second-order valence-corrected chi connectivity index (χ2v) is 12.7. The first kappa shape index (κ1) is 30.3. The van der Waals surface area contributed by atoms with Crippen LogP contribution in [0, 0.1) is 5.41 Å². The lowest BCUT2D eigenvalue weighted by atomic mass is 9.74. The molecule has 1 saturated heterocycles. The Kier molecular flexibility index (Phi) is 9.49. The van der Waals surface area contributed by atoms with Gasteiger partial charge >= 0.3 is 12.1 Å². The minimum Gasteiger partial charge on any atom is -0.461 e. The fourth-order valence-electron chi connectivity index (χ4n) is 5.88. The van der Waals surface area contributed by atoms with Crippen LogP contribution in [0.3, 0.4) is 0 Å². The van der Waals surface area contributed by atoms with Crippen LogP contribution in [-0.4, -0.2) is 45.2 Å². The molecule has 1 aliphatic heterocycles. The molecule has 0 saturated carbocycles. The van der Waals surface area contributed by atoms with E-state index in [0.717, 1.165) is 54.6 Å². The number of esters is 1. The highest BCUT2D eigenvalue weighted by atomic mass is 16.6. The summed E-state index contributed by atoms with van der Waals surface area (Å²) in [5.74, 6) is 0.665. The zero-order valence-electron chi connectivity index (χ0n) is 25.6. The molecule has 1 aromatic heterocycles. The highest BCUT2D eigenvalue weighted by Gasteiger charge is 2.38. The molecule has 0 unspecified atom stereocenters. The van der Waals surface area contributed by atoms with Crippen molar-refractivity contribution >= 4 is 23.1 Å². The molecule has 7 nitrogen and oxygen atoms in total. The number of fused-ring (bicyclic) bond motifs is 1.